The summed E-state index contributed by atoms with van der Waals surface area (Å²) in [5.74, 6) is -0.0162. The van der Waals surface area contributed by atoms with Crippen LogP contribution in [0.15, 0.2) is 48.5 Å². The van der Waals surface area contributed by atoms with Crippen molar-refractivity contribution in [3.8, 4) is 16.9 Å². The Balaban J connectivity index is 1.73. The van der Waals surface area contributed by atoms with Crippen LogP contribution in [0, 0.1) is 0 Å². The lowest BCUT2D eigenvalue weighted by molar-refractivity contribution is 0.0697. The molecule has 0 atom stereocenters. The Kier molecular flexibility index (Phi) is 8.03. The van der Waals surface area contributed by atoms with Crippen molar-refractivity contribution in [2.75, 3.05) is 6.61 Å². The van der Waals surface area contributed by atoms with Gasteiger partial charge in [-0.05, 0) is 41.8 Å². The predicted octanol–water partition coefficient (Wildman–Crippen LogP) is 6.18. The van der Waals surface area contributed by atoms with Gasteiger partial charge >= 0.3 is 5.97 Å². The molecular weight excluding hydrogens is 312 g/mol. The molecule has 1 N–H and O–H groups in total. The summed E-state index contributed by atoms with van der Waals surface area (Å²) in [4.78, 5) is 10.9. The van der Waals surface area contributed by atoms with Gasteiger partial charge in [0.1, 0.15) is 5.75 Å². The van der Waals surface area contributed by atoms with Crippen molar-refractivity contribution in [3.05, 3.63) is 54.1 Å². The summed E-state index contributed by atoms with van der Waals surface area (Å²) in [7, 11) is 0. The normalized spacial score (nSPS) is 10.6. The van der Waals surface area contributed by atoms with Gasteiger partial charge < -0.3 is 9.84 Å². The minimum atomic E-state index is -0.902. The van der Waals surface area contributed by atoms with E-state index < -0.39 is 5.97 Å². The van der Waals surface area contributed by atoms with Crippen LogP contribution in [0.2, 0.25) is 0 Å². The van der Waals surface area contributed by atoms with E-state index in [9.17, 15) is 4.79 Å². The summed E-state index contributed by atoms with van der Waals surface area (Å²) >= 11 is 0. The lowest BCUT2D eigenvalue weighted by Crippen LogP contribution is -1.97. The largest absolute Gasteiger partial charge is 0.494 e. The van der Waals surface area contributed by atoms with Crippen LogP contribution >= 0.6 is 0 Å². The summed E-state index contributed by atoms with van der Waals surface area (Å²) in [6.07, 6.45) is 8.97. The zero-order valence-corrected chi connectivity index (χ0v) is 15.0. The Hall–Kier alpha value is -2.29. The molecule has 0 unspecified atom stereocenters. The van der Waals surface area contributed by atoms with E-state index >= 15 is 0 Å². The molecule has 0 saturated heterocycles. The van der Waals surface area contributed by atoms with E-state index in [1.54, 1.807) is 12.1 Å². The first-order chi connectivity index (χ1) is 12.2. The van der Waals surface area contributed by atoms with Crippen molar-refractivity contribution in [3.63, 3.8) is 0 Å². The van der Waals surface area contributed by atoms with Gasteiger partial charge in [0.25, 0.3) is 0 Å². The van der Waals surface area contributed by atoms with Crippen molar-refractivity contribution in [1.29, 1.82) is 0 Å². The number of carbonyl (C=O) groups is 1. The molecule has 134 valence electrons. The van der Waals surface area contributed by atoms with E-state index in [1.807, 2.05) is 36.4 Å². The Morgan fingerprint density at radius 2 is 1.32 bits per heavy atom. The molecule has 2 aromatic carbocycles. The molecule has 2 rings (SSSR count). The van der Waals surface area contributed by atoms with E-state index in [2.05, 4.69) is 6.92 Å². The molecule has 3 nitrogen and oxygen atoms in total. The smallest absolute Gasteiger partial charge is 0.335 e. The maximum absolute atomic E-state index is 10.9. The number of ether oxygens (including phenoxy) is 1. The van der Waals surface area contributed by atoms with Crippen LogP contribution in [0.5, 0.6) is 5.75 Å². The minimum Gasteiger partial charge on any atom is -0.494 e. The number of unbranched alkanes of at least 4 members (excludes halogenated alkanes) is 6. The van der Waals surface area contributed by atoms with Crippen molar-refractivity contribution >= 4 is 5.97 Å². The van der Waals surface area contributed by atoms with E-state index in [0.717, 1.165) is 29.9 Å². The molecule has 0 aliphatic rings. The van der Waals surface area contributed by atoms with E-state index in [0.29, 0.717) is 5.56 Å². The highest BCUT2D eigenvalue weighted by molar-refractivity contribution is 5.88. The van der Waals surface area contributed by atoms with E-state index in [4.69, 9.17) is 9.84 Å². The van der Waals surface area contributed by atoms with Gasteiger partial charge in [-0.3, -0.25) is 0 Å². The second kappa shape index (κ2) is 10.5. The molecule has 0 heterocycles. The van der Waals surface area contributed by atoms with Gasteiger partial charge in [-0.25, -0.2) is 4.79 Å². The molecule has 0 bridgehead atoms. The number of hydrogen-bond acceptors (Lipinski definition) is 2. The number of carboxylic acids is 1. The standard InChI is InChI=1S/C22H28O3/c1-2-3-4-5-6-7-8-17-25-21-15-13-19(14-16-21)18-9-11-20(12-10-18)22(23)24/h9-16H,2-8,17H2,1H3,(H,23,24). The van der Waals surface area contributed by atoms with Crippen LogP contribution in [0.4, 0.5) is 0 Å². The number of aromatic carboxylic acids is 1. The summed E-state index contributed by atoms with van der Waals surface area (Å²) in [5.41, 5.74) is 2.36. The van der Waals surface area contributed by atoms with Gasteiger partial charge in [0.15, 0.2) is 0 Å². The molecule has 0 aliphatic heterocycles. The third-order valence-electron chi connectivity index (χ3n) is 4.34. The summed E-state index contributed by atoms with van der Waals surface area (Å²) in [5, 5.41) is 8.94. The van der Waals surface area contributed by atoms with Crippen LogP contribution in [-0.4, -0.2) is 17.7 Å². The fourth-order valence-corrected chi connectivity index (χ4v) is 2.80. The summed E-state index contributed by atoms with van der Waals surface area (Å²) in [6, 6.07) is 14.9. The fraction of sp³-hybridized carbons (Fsp3) is 0.409. The third kappa shape index (κ3) is 6.61. The van der Waals surface area contributed by atoms with Crippen LogP contribution in [0.3, 0.4) is 0 Å². The molecular formula is C22H28O3. The summed E-state index contributed by atoms with van der Waals surface area (Å²) < 4.78 is 5.80. The van der Waals surface area contributed by atoms with Crippen molar-refractivity contribution < 1.29 is 14.6 Å². The number of benzene rings is 2. The van der Waals surface area contributed by atoms with Gasteiger partial charge in [0.2, 0.25) is 0 Å². The molecule has 0 fully saturated rings. The zero-order valence-electron chi connectivity index (χ0n) is 15.0. The average molecular weight is 340 g/mol. The van der Waals surface area contributed by atoms with Crippen LogP contribution in [0.1, 0.15) is 62.2 Å². The number of carboxylic acid groups (broad SMARTS) is 1. The first kappa shape index (κ1) is 19.0. The first-order valence-corrected chi connectivity index (χ1v) is 9.27. The highest BCUT2D eigenvalue weighted by atomic mass is 16.5. The SMILES string of the molecule is CCCCCCCCCOc1ccc(-c2ccc(C(=O)O)cc2)cc1. The van der Waals surface area contributed by atoms with Gasteiger partial charge in [-0.15, -0.1) is 0 Å². The first-order valence-electron chi connectivity index (χ1n) is 9.27. The van der Waals surface area contributed by atoms with Crippen LogP contribution in [-0.2, 0) is 0 Å². The lowest BCUT2D eigenvalue weighted by Gasteiger charge is -2.08. The maximum atomic E-state index is 10.9. The Labute approximate surface area is 150 Å². The van der Waals surface area contributed by atoms with Crippen molar-refractivity contribution in [1.82, 2.24) is 0 Å². The van der Waals surface area contributed by atoms with Crippen LogP contribution < -0.4 is 4.74 Å². The molecule has 0 amide bonds. The highest BCUT2D eigenvalue weighted by Crippen LogP contribution is 2.23. The van der Waals surface area contributed by atoms with Crippen molar-refractivity contribution in [2.45, 2.75) is 51.9 Å². The molecule has 3 heteroatoms. The molecule has 0 radical (unpaired) electrons. The Morgan fingerprint density at radius 3 is 1.88 bits per heavy atom. The zero-order chi connectivity index (χ0) is 17.9. The quantitative estimate of drug-likeness (QED) is 0.497. The van der Waals surface area contributed by atoms with E-state index in [-0.39, 0.29) is 0 Å². The second-order valence-electron chi connectivity index (χ2n) is 6.38. The number of hydrogen-bond donors (Lipinski definition) is 1. The fourth-order valence-electron chi connectivity index (χ4n) is 2.80. The predicted molar refractivity (Wildman–Crippen MR) is 102 cm³/mol. The molecule has 0 aromatic heterocycles. The van der Waals surface area contributed by atoms with Gasteiger partial charge in [-0.1, -0.05) is 69.7 Å². The average Bonchev–Trinajstić information content (AvgIpc) is 2.64. The molecule has 0 spiro atoms. The van der Waals surface area contributed by atoms with Crippen molar-refractivity contribution in [2.24, 2.45) is 0 Å². The van der Waals surface area contributed by atoms with Gasteiger partial charge in [-0.2, -0.15) is 0 Å². The van der Waals surface area contributed by atoms with E-state index in [1.165, 1.54) is 38.5 Å². The highest BCUT2D eigenvalue weighted by Gasteiger charge is 2.03. The third-order valence-corrected chi connectivity index (χ3v) is 4.34. The van der Waals surface area contributed by atoms with Gasteiger partial charge in [0, 0.05) is 0 Å². The lowest BCUT2D eigenvalue weighted by atomic mass is 10.0. The minimum absolute atomic E-state index is 0.304. The van der Waals surface area contributed by atoms with Crippen LogP contribution in [0.25, 0.3) is 11.1 Å². The molecule has 25 heavy (non-hydrogen) atoms. The van der Waals surface area contributed by atoms with Gasteiger partial charge in [0.05, 0.1) is 12.2 Å². The Bertz CT molecular complexity index is 629. The molecule has 0 saturated carbocycles. The summed E-state index contributed by atoms with van der Waals surface area (Å²) in [6.45, 7) is 3.00. The molecule has 2 aromatic rings. The maximum Gasteiger partial charge on any atom is 0.335 e. The molecule has 0 aliphatic carbocycles. The monoisotopic (exact) mass is 340 g/mol. The number of rotatable bonds is 11. The Morgan fingerprint density at radius 1 is 0.800 bits per heavy atom. The topological polar surface area (TPSA) is 46.5 Å². The second-order valence-corrected chi connectivity index (χ2v) is 6.38.